The van der Waals surface area contributed by atoms with Crippen LogP contribution in [-0.4, -0.2) is 31.4 Å². The number of rotatable bonds is 14. The lowest BCUT2D eigenvalue weighted by Gasteiger charge is -2.09. The van der Waals surface area contributed by atoms with Crippen LogP contribution in [-0.2, 0) is 11.2 Å². The number of amides is 1. The highest BCUT2D eigenvalue weighted by Crippen LogP contribution is 2.14. The molecule has 0 spiro atoms. The van der Waals surface area contributed by atoms with E-state index in [1.807, 2.05) is 26.2 Å². The van der Waals surface area contributed by atoms with Crippen molar-refractivity contribution >= 4 is 11.6 Å². The molecular formula is C22H38N2O. The maximum Gasteiger partial charge on any atom is 0.224 e. The van der Waals surface area contributed by atoms with Gasteiger partial charge in [0.25, 0.3) is 0 Å². The second kappa shape index (κ2) is 13.9. The first-order chi connectivity index (χ1) is 12.1. The minimum Gasteiger partial charge on any atom is -0.326 e. The van der Waals surface area contributed by atoms with Crippen LogP contribution >= 0.6 is 0 Å². The number of carbonyl (C=O) groups excluding carboxylic acids is 1. The highest BCUT2D eigenvalue weighted by molar-refractivity contribution is 5.90. The van der Waals surface area contributed by atoms with Crippen LogP contribution in [0.15, 0.2) is 24.3 Å². The van der Waals surface area contributed by atoms with E-state index in [1.54, 1.807) is 0 Å². The molecule has 0 heterocycles. The number of unbranched alkanes of at least 4 members (excludes halogenated alkanes) is 7. The Morgan fingerprint density at radius 1 is 0.880 bits per heavy atom. The molecule has 3 nitrogen and oxygen atoms in total. The zero-order valence-electron chi connectivity index (χ0n) is 16.7. The van der Waals surface area contributed by atoms with E-state index in [0.717, 1.165) is 25.1 Å². The van der Waals surface area contributed by atoms with Crippen molar-refractivity contribution in [1.29, 1.82) is 0 Å². The van der Waals surface area contributed by atoms with Crippen LogP contribution in [0.5, 0.6) is 0 Å². The summed E-state index contributed by atoms with van der Waals surface area (Å²) in [5.74, 6) is 0.109. The Labute approximate surface area is 155 Å². The molecule has 25 heavy (non-hydrogen) atoms. The molecule has 1 aromatic carbocycles. The van der Waals surface area contributed by atoms with Crippen molar-refractivity contribution in [2.75, 3.05) is 26.0 Å². The quantitative estimate of drug-likeness (QED) is 0.441. The van der Waals surface area contributed by atoms with Crippen LogP contribution in [0.1, 0.15) is 76.7 Å². The lowest BCUT2D eigenvalue weighted by atomic mass is 10.0. The van der Waals surface area contributed by atoms with E-state index in [9.17, 15) is 4.79 Å². The molecule has 0 saturated carbocycles. The fraction of sp³-hybridized carbons (Fsp3) is 0.682. The third-order valence-corrected chi connectivity index (χ3v) is 4.57. The average Bonchev–Trinajstić information content (AvgIpc) is 2.58. The van der Waals surface area contributed by atoms with E-state index in [4.69, 9.17) is 0 Å². The number of carbonyl (C=O) groups is 1. The summed E-state index contributed by atoms with van der Waals surface area (Å²) in [6, 6.07) is 8.36. The van der Waals surface area contributed by atoms with Crippen LogP contribution in [0, 0.1) is 0 Å². The largest absolute Gasteiger partial charge is 0.326 e. The number of nitrogens with one attached hydrogen (secondary N) is 1. The summed E-state index contributed by atoms with van der Waals surface area (Å²) >= 11 is 0. The Morgan fingerprint density at radius 2 is 1.48 bits per heavy atom. The highest BCUT2D eigenvalue weighted by atomic mass is 16.1. The Hall–Kier alpha value is -1.35. The first kappa shape index (κ1) is 21.7. The molecule has 0 radical (unpaired) electrons. The molecule has 0 aromatic heterocycles. The molecule has 142 valence electrons. The van der Waals surface area contributed by atoms with Gasteiger partial charge in [-0.25, -0.2) is 0 Å². The first-order valence-electron chi connectivity index (χ1n) is 10.2. The van der Waals surface area contributed by atoms with Gasteiger partial charge in [0.05, 0.1) is 0 Å². The molecule has 0 aliphatic rings. The maximum atomic E-state index is 11.9. The van der Waals surface area contributed by atoms with Crippen LogP contribution in [0.4, 0.5) is 5.69 Å². The van der Waals surface area contributed by atoms with Gasteiger partial charge >= 0.3 is 0 Å². The lowest BCUT2D eigenvalue weighted by molar-refractivity contribution is -0.116. The van der Waals surface area contributed by atoms with E-state index in [-0.39, 0.29) is 5.91 Å². The van der Waals surface area contributed by atoms with E-state index < -0.39 is 0 Å². The third-order valence-electron chi connectivity index (χ3n) is 4.57. The monoisotopic (exact) mass is 346 g/mol. The molecule has 0 fully saturated rings. The Kier molecular flexibility index (Phi) is 12.0. The van der Waals surface area contributed by atoms with Crippen molar-refractivity contribution in [2.24, 2.45) is 0 Å². The van der Waals surface area contributed by atoms with Crippen molar-refractivity contribution in [3.8, 4) is 0 Å². The van der Waals surface area contributed by atoms with Crippen molar-refractivity contribution in [3.05, 3.63) is 29.8 Å². The molecule has 1 rings (SSSR count). The minimum absolute atomic E-state index is 0.109. The fourth-order valence-corrected chi connectivity index (χ4v) is 3.00. The molecule has 0 unspecified atom stereocenters. The van der Waals surface area contributed by atoms with Gasteiger partial charge in [-0.3, -0.25) is 4.79 Å². The zero-order valence-corrected chi connectivity index (χ0v) is 16.7. The summed E-state index contributed by atoms with van der Waals surface area (Å²) in [6.45, 7) is 3.22. The van der Waals surface area contributed by atoms with Gasteiger partial charge in [-0.05, 0) is 57.6 Å². The molecular weight excluding hydrogens is 308 g/mol. The number of hydrogen-bond acceptors (Lipinski definition) is 2. The van der Waals surface area contributed by atoms with Gasteiger partial charge in [0.1, 0.15) is 0 Å². The SMILES string of the molecule is CCCCCCCCCCc1ccc(NC(=O)CCCN(C)C)cc1. The number of nitrogens with zero attached hydrogens (tertiary/aromatic N) is 1. The van der Waals surface area contributed by atoms with Crippen molar-refractivity contribution in [2.45, 2.75) is 77.6 Å². The zero-order chi connectivity index (χ0) is 18.3. The molecule has 0 bridgehead atoms. The second-order valence-electron chi connectivity index (χ2n) is 7.38. The Balaban J connectivity index is 2.13. The van der Waals surface area contributed by atoms with Crippen LogP contribution < -0.4 is 5.32 Å². The van der Waals surface area contributed by atoms with Gasteiger partial charge in [0.2, 0.25) is 5.91 Å². The molecule has 1 N–H and O–H groups in total. The molecule has 0 aliphatic carbocycles. The van der Waals surface area contributed by atoms with E-state index in [0.29, 0.717) is 6.42 Å². The Bertz CT molecular complexity index is 454. The number of benzene rings is 1. The molecule has 0 aliphatic heterocycles. The van der Waals surface area contributed by atoms with Gasteiger partial charge in [-0.2, -0.15) is 0 Å². The molecule has 0 atom stereocenters. The predicted molar refractivity (Wildman–Crippen MR) is 109 cm³/mol. The number of hydrogen-bond donors (Lipinski definition) is 1. The average molecular weight is 347 g/mol. The normalized spacial score (nSPS) is 11.0. The summed E-state index contributed by atoms with van der Waals surface area (Å²) in [6.07, 6.45) is 13.5. The van der Waals surface area contributed by atoms with Gasteiger partial charge in [0.15, 0.2) is 0 Å². The molecule has 1 aromatic rings. The smallest absolute Gasteiger partial charge is 0.224 e. The number of anilines is 1. The maximum absolute atomic E-state index is 11.9. The van der Waals surface area contributed by atoms with Gasteiger partial charge < -0.3 is 10.2 Å². The van der Waals surface area contributed by atoms with Crippen molar-refractivity contribution in [1.82, 2.24) is 4.90 Å². The standard InChI is InChI=1S/C22H38N2O/c1-4-5-6-7-8-9-10-11-13-20-15-17-21(18-16-20)23-22(25)14-12-19-24(2)3/h15-18H,4-14,19H2,1-3H3,(H,23,25). The van der Waals surface area contributed by atoms with E-state index in [1.165, 1.54) is 56.9 Å². The molecule has 0 saturated heterocycles. The van der Waals surface area contributed by atoms with Crippen LogP contribution in [0.25, 0.3) is 0 Å². The van der Waals surface area contributed by atoms with Crippen LogP contribution in [0.3, 0.4) is 0 Å². The Morgan fingerprint density at radius 3 is 2.08 bits per heavy atom. The third kappa shape index (κ3) is 11.8. The summed E-state index contributed by atoms with van der Waals surface area (Å²) in [4.78, 5) is 14.0. The lowest BCUT2D eigenvalue weighted by Crippen LogP contribution is -2.17. The summed E-state index contributed by atoms with van der Waals surface area (Å²) in [5, 5.41) is 2.99. The van der Waals surface area contributed by atoms with Crippen LogP contribution in [0.2, 0.25) is 0 Å². The first-order valence-corrected chi connectivity index (χ1v) is 10.2. The number of aryl methyl sites for hydroxylation is 1. The fourth-order valence-electron chi connectivity index (χ4n) is 3.00. The van der Waals surface area contributed by atoms with E-state index in [2.05, 4.69) is 29.3 Å². The van der Waals surface area contributed by atoms with Crippen molar-refractivity contribution < 1.29 is 4.79 Å². The van der Waals surface area contributed by atoms with Gasteiger partial charge in [-0.15, -0.1) is 0 Å². The summed E-state index contributed by atoms with van der Waals surface area (Å²) in [5.41, 5.74) is 2.28. The minimum atomic E-state index is 0.109. The predicted octanol–water partition coefficient (Wildman–Crippen LogP) is 5.65. The second-order valence-corrected chi connectivity index (χ2v) is 7.38. The summed E-state index contributed by atoms with van der Waals surface area (Å²) < 4.78 is 0. The van der Waals surface area contributed by atoms with Gasteiger partial charge in [-0.1, -0.05) is 64.0 Å². The molecule has 3 heteroatoms. The molecule has 1 amide bonds. The highest BCUT2D eigenvalue weighted by Gasteiger charge is 2.03. The van der Waals surface area contributed by atoms with Crippen molar-refractivity contribution in [3.63, 3.8) is 0 Å². The summed E-state index contributed by atoms with van der Waals surface area (Å²) in [7, 11) is 4.06. The topological polar surface area (TPSA) is 32.3 Å². The van der Waals surface area contributed by atoms with Gasteiger partial charge in [0, 0.05) is 12.1 Å². The van der Waals surface area contributed by atoms with E-state index >= 15 is 0 Å².